The molecule has 5 nitrogen and oxygen atoms in total. The minimum absolute atomic E-state index is 0.0253. The summed E-state index contributed by atoms with van der Waals surface area (Å²) in [5.41, 5.74) is 0. The molecule has 0 aromatic carbocycles. The second-order valence-electron chi connectivity index (χ2n) is 6.68. The molecule has 2 N–H and O–H groups in total. The highest BCUT2D eigenvalue weighted by atomic mass is 28.4. The van der Waals surface area contributed by atoms with Crippen molar-refractivity contribution in [2.75, 3.05) is 6.61 Å². The van der Waals surface area contributed by atoms with Crippen LogP contribution in [0.1, 0.15) is 34.6 Å². The Kier molecular flexibility index (Phi) is 6.22. The molecule has 0 aliphatic heterocycles. The number of hydrogen-bond acceptors (Lipinski definition) is 3. The third-order valence-electron chi connectivity index (χ3n) is 3.62. The number of hydrogen-bond donors (Lipinski definition) is 2. The van der Waals surface area contributed by atoms with E-state index >= 15 is 0 Å². The second kappa shape index (κ2) is 6.52. The topological polar surface area (TPSA) is 75.6 Å². The van der Waals surface area contributed by atoms with Crippen molar-refractivity contribution in [3.63, 3.8) is 0 Å². The Bertz CT molecular complexity index is 334. The molecule has 1 atom stereocenters. The van der Waals surface area contributed by atoms with Gasteiger partial charge in [0.25, 0.3) is 0 Å². The van der Waals surface area contributed by atoms with Gasteiger partial charge in [0.2, 0.25) is 5.91 Å². The van der Waals surface area contributed by atoms with E-state index in [-0.39, 0.29) is 23.5 Å². The lowest BCUT2D eigenvalue weighted by atomic mass is 10.1. The molecule has 0 aromatic rings. The molecule has 1 amide bonds. The molecule has 0 rings (SSSR count). The zero-order valence-corrected chi connectivity index (χ0v) is 14.0. The Balaban J connectivity index is 4.45. The monoisotopic (exact) mass is 289 g/mol. The Labute approximate surface area is 116 Å². The Hall–Kier alpha value is -0.883. The SMILES string of the molecule is CC(C)C(NC(=O)CO[Si](C)(C)C(C)(C)C)C(=O)O. The van der Waals surface area contributed by atoms with Gasteiger partial charge in [0.05, 0.1) is 0 Å². The number of carbonyl (C=O) groups is 2. The highest BCUT2D eigenvalue weighted by Crippen LogP contribution is 2.36. The van der Waals surface area contributed by atoms with Crippen LogP contribution >= 0.6 is 0 Å². The minimum atomic E-state index is -1.98. The van der Waals surface area contributed by atoms with E-state index in [1.54, 1.807) is 13.8 Å². The van der Waals surface area contributed by atoms with Gasteiger partial charge in [0.15, 0.2) is 8.32 Å². The van der Waals surface area contributed by atoms with Crippen molar-refractivity contribution >= 4 is 20.2 Å². The minimum Gasteiger partial charge on any atom is -0.480 e. The van der Waals surface area contributed by atoms with Crippen LogP contribution in [0.2, 0.25) is 18.1 Å². The van der Waals surface area contributed by atoms with Crippen LogP contribution in [0.15, 0.2) is 0 Å². The zero-order chi connectivity index (χ0) is 15.4. The highest BCUT2D eigenvalue weighted by molar-refractivity contribution is 6.74. The van der Waals surface area contributed by atoms with Crippen LogP contribution in [0, 0.1) is 5.92 Å². The van der Waals surface area contributed by atoms with E-state index in [1.807, 2.05) is 0 Å². The highest BCUT2D eigenvalue weighted by Gasteiger charge is 2.37. The number of nitrogens with one attached hydrogen (secondary N) is 1. The number of carboxylic acids is 1. The lowest BCUT2D eigenvalue weighted by molar-refractivity contribution is -0.143. The average Bonchev–Trinajstić information content (AvgIpc) is 2.20. The Morgan fingerprint density at radius 2 is 1.74 bits per heavy atom. The fourth-order valence-corrected chi connectivity index (χ4v) is 2.12. The summed E-state index contributed by atoms with van der Waals surface area (Å²) < 4.78 is 5.75. The number of carbonyl (C=O) groups excluding carboxylic acids is 1. The first-order chi connectivity index (χ1) is 8.38. The number of aliphatic carboxylic acids is 1. The summed E-state index contributed by atoms with van der Waals surface area (Å²) >= 11 is 0. The van der Waals surface area contributed by atoms with E-state index in [0.29, 0.717) is 0 Å². The van der Waals surface area contributed by atoms with Crippen LogP contribution < -0.4 is 5.32 Å². The van der Waals surface area contributed by atoms with Crippen LogP contribution in [0.25, 0.3) is 0 Å². The van der Waals surface area contributed by atoms with Gasteiger partial charge in [-0.2, -0.15) is 0 Å². The van der Waals surface area contributed by atoms with Crippen molar-refractivity contribution in [2.45, 2.75) is 58.8 Å². The molecule has 0 bridgehead atoms. The predicted molar refractivity (Wildman–Crippen MR) is 77.6 cm³/mol. The van der Waals surface area contributed by atoms with Gasteiger partial charge in [0, 0.05) is 0 Å². The number of amides is 1. The van der Waals surface area contributed by atoms with Crippen LogP contribution in [0.5, 0.6) is 0 Å². The quantitative estimate of drug-likeness (QED) is 0.735. The van der Waals surface area contributed by atoms with Gasteiger partial charge < -0.3 is 14.8 Å². The average molecular weight is 289 g/mol. The first kappa shape index (κ1) is 18.1. The van der Waals surface area contributed by atoms with E-state index in [2.05, 4.69) is 39.2 Å². The molecular formula is C13H27NO4Si. The van der Waals surface area contributed by atoms with Crippen molar-refractivity contribution in [2.24, 2.45) is 5.92 Å². The summed E-state index contributed by atoms with van der Waals surface area (Å²) in [5.74, 6) is -1.55. The predicted octanol–water partition coefficient (Wildman–Crippen LogP) is 2.23. The van der Waals surface area contributed by atoms with Gasteiger partial charge in [0.1, 0.15) is 12.6 Å². The third kappa shape index (κ3) is 5.73. The van der Waals surface area contributed by atoms with E-state index < -0.39 is 20.3 Å². The van der Waals surface area contributed by atoms with Gasteiger partial charge >= 0.3 is 5.97 Å². The molecule has 0 aliphatic carbocycles. The molecule has 0 spiro atoms. The van der Waals surface area contributed by atoms with Crippen LogP contribution in [-0.2, 0) is 14.0 Å². The Morgan fingerprint density at radius 1 is 1.26 bits per heavy atom. The van der Waals surface area contributed by atoms with Gasteiger partial charge in [-0.25, -0.2) is 4.79 Å². The summed E-state index contributed by atoms with van der Waals surface area (Å²) in [6.45, 7) is 13.8. The third-order valence-corrected chi connectivity index (χ3v) is 8.10. The molecule has 0 saturated carbocycles. The molecule has 19 heavy (non-hydrogen) atoms. The standard InChI is InChI=1S/C13H27NO4Si/c1-9(2)11(12(16)17)14-10(15)8-18-19(6,7)13(3,4)5/h9,11H,8H2,1-7H3,(H,14,15)(H,16,17). The molecular weight excluding hydrogens is 262 g/mol. The molecule has 0 saturated heterocycles. The van der Waals surface area contributed by atoms with E-state index in [1.165, 1.54) is 0 Å². The normalized spacial score (nSPS) is 14.3. The summed E-state index contributed by atoms with van der Waals surface area (Å²) in [4.78, 5) is 22.7. The maximum absolute atomic E-state index is 11.8. The summed E-state index contributed by atoms with van der Waals surface area (Å²) in [5, 5.41) is 11.5. The molecule has 1 unspecified atom stereocenters. The van der Waals surface area contributed by atoms with Crippen molar-refractivity contribution < 1.29 is 19.1 Å². The van der Waals surface area contributed by atoms with Crippen molar-refractivity contribution in [3.8, 4) is 0 Å². The van der Waals surface area contributed by atoms with Gasteiger partial charge in [-0.15, -0.1) is 0 Å². The summed E-state index contributed by atoms with van der Waals surface area (Å²) in [7, 11) is -1.98. The van der Waals surface area contributed by atoms with Crippen molar-refractivity contribution in [1.82, 2.24) is 5.32 Å². The van der Waals surface area contributed by atoms with Gasteiger partial charge in [-0.3, -0.25) is 4.79 Å². The smallest absolute Gasteiger partial charge is 0.326 e. The summed E-state index contributed by atoms with van der Waals surface area (Å²) in [6, 6.07) is -0.865. The van der Waals surface area contributed by atoms with Gasteiger partial charge in [-0.05, 0) is 24.1 Å². The molecule has 112 valence electrons. The lowest BCUT2D eigenvalue weighted by Gasteiger charge is -2.36. The maximum Gasteiger partial charge on any atom is 0.326 e. The molecule has 6 heteroatoms. The molecule has 0 aromatic heterocycles. The number of rotatable bonds is 6. The van der Waals surface area contributed by atoms with Crippen molar-refractivity contribution in [3.05, 3.63) is 0 Å². The second-order valence-corrected chi connectivity index (χ2v) is 11.5. The number of carboxylic acid groups (broad SMARTS) is 1. The van der Waals surface area contributed by atoms with Crippen molar-refractivity contribution in [1.29, 1.82) is 0 Å². The molecule has 0 heterocycles. The maximum atomic E-state index is 11.8. The fourth-order valence-electron chi connectivity index (χ4n) is 1.19. The van der Waals surface area contributed by atoms with E-state index in [4.69, 9.17) is 9.53 Å². The van der Waals surface area contributed by atoms with E-state index in [0.717, 1.165) is 0 Å². The molecule has 0 aliphatic rings. The largest absolute Gasteiger partial charge is 0.480 e. The van der Waals surface area contributed by atoms with Gasteiger partial charge in [-0.1, -0.05) is 34.6 Å². The zero-order valence-electron chi connectivity index (χ0n) is 13.0. The molecule has 0 radical (unpaired) electrons. The van der Waals surface area contributed by atoms with Crippen LogP contribution in [0.3, 0.4) is 0 Å². The molecule has 0 fully saturated rings. The first-order valence-corrected chi connectivity index (χ1v) is 9.45. The first-order valence-electron chi connectivity index (χ1n) is 6.54. The van der Waals surface area contributed by atoms with Crippen LogP contribution in [0.4, 0.5) is 0 Å². The van der Waals surface area contributed by atoms with E-state index in [9.17, 15) is 9.59 Å². The fraction of sp³-hybridized carbons (Fsp3) is 0.846. The Morgan fingerprint density at radius 3 is 2.05 bits per heavy atom. The van der Waals surface area contributed by atoms with Crippen LogP contribution in [-0.4, -0.2) is 37.9 Å². The summed E-state index contributed by atoms with van der Waals surface area (Å²) in [6.07, 6.45) is 0. The lowest BCUT2D eigenvalue weighted by Crippen LogP contribution is -2.48.